The van der Waals surface area contributed by atoms with E-state index in [9.17, 15) is 0 Å². The summed E-state index contributed by atoms with van der Waals surface area (Å²) in [5.41, 5.74) is 0. The molecule has 0 nitrogen and oxygen atoms in total. The van der Waals surface area contributed by atoms with Gasteiger partial charge in [-0.2, -0.15) is 0 Å². The van der Waals surface area contributed by atoms with Crippen molar-refractivity contribution in [3.63, 3.8) is 0 Å². The fraction of sp³-hybridized carbons (Fsp3) is 1.00. The van der Waals surface area contributed by atoms with Gasteiger partial charge in [-0.05, 0) is 67.6 Å². The molecule has 3 rings (SSSR count). The highest BCUT2D eigenvalue weighted by Gasteiger charge is 2.47. The maximum Gasteiger partial charge on any atom is -0.0380 e. The largest absolute Gasteiger partial charge is 0.0654 e. The van der Waals surface area contributed by atoms with Crippen LogP contribution in [0.3, 0.4) is 0 Å². The Morgan fingerprint density at radius 3 is 1.90 bits per heavy atom. The lowest BCUT2D eigenvalue weighted by Crippen LogP contribution is -1.91. The van der Waals surface area contributed by atoms with Crippen molar-refractivity contribution < 1.29 is 0 Å². The van der Waals surface area contributed by atoms with E-state index in [0.29, 0.717) is 0 Å². The van der Waals surface area contributed by atoms with Gasteiger partial charge in [0.2, 0.25) is 0 Å². The average Bonchev–Trinajstić information content (AvgIpc) is 3.34. The predicted molar refractivity (Wildman–Crippen MR) is 87.7 cm³/mol. The molecule has 3 saturated carbocycles. The van der Waals surface area contributed by atoms with Gasteiger partial charge in [-0.3, -0.25) is 0 Å². The molecule has 0 spiro atoms. The highest BCUT2D eigenvalue weighted by molar-refractivity contribution is 4.97. The summed E-state index contributed by atoms with van der Waals surface area (Å²) in [6.07, 6.45) is 18.4. The second-order valence-corrected chi connectivity index (χ2v) is 8.51. The molecule has 3 fully saturated rings. The van der Waals surface area contributed by atoms with Crippen molar-refractivity contribution in [2.45, 2.75) is 90.9 Å². The van der Waals surface area contributed by atoms with Gasteiger partial charge in [0.25, 0.3) is 0 Å². The molecule has 0 saturated heterocycles. The van der Waals surface area contributed by atoms with E-state index in [4.69, 9.17) is 0 Å². The van der Waals surface area contributed by atoms with Crippen LogP contribution in [0.1, 0.15) is 90.9 Å². The van der Waals surface area contributed by atoms with Gasteiger partial charge in [-0.15, -0.1) is 0 Å². The summed E-state index contributed by atoms with van der Waals surface area (Å²) in [5, 5.41) is 0. The molecule has 0 heterocycles. The van der Waals surface area contributed by atoms with Crippen LogP contribution in [0.2, 0.25) is 0 Å². The Balaban J connectivity index is 1.16. The molecule has 6 atom stereocenters. The Bertz CT molecular complexity index is 294. The lowest BCUT2D eigenvalue weighted by molar-refractivity contribution is 0.497. The highest BCUT2D eigenvalue weighted by atomic mass is 14.5. The van der Waals surface area contributed by atoms with Gasteiger partial charge in [0.05, 0.1) is 0 Å². The van der Waals surface area contributed by atoms with Crippen LogP contribution in [0.5, 0.6) is 0 Å². The van der Waals surface area contributed by atoms with E-state index < -0.39 is 0 Å². The van der Waals surface area contributed by atoms with E-state index in [-0.39, 0.29) is 0 Å². The third-order valence-electron chi connectivity index (χ3n) is 6.55. The fourth-order valence-corrected chi connectivity index (χ4v) is 4.53. The maximum atomic E-state index is 2.44. The molecule has 0 aromatic rings. The second-order valence-electron chi connectivity index (χ2n) is 8.51. The third kappa shape index (κ3) is 4.50. The van der Waals surface area contributed by atoms with Gasteiger partial charge in [-0.25, -0.2) is 0 Å². The topological polar surface area (TPSA) is 0 Å². The maximum absolute atomic E-state index is 2.44. The van der Waals surface area contributed by atoms with Crippen LogP contribution in [0.4, 0.5) is 0 Å². The molecule has 0 aromatic carbocycles. The molecule has 116 valence electrons. The summed E-state index contributed by atoms with van der Waals surface area (Å²) in [7, 11) is 0. The second kappa shape index (κ2) is 6.84. The van der Waals surface area contributed by atoms with Crippen molar-refractivity contribution >= 4 is 0 Å². The SMILES string of the molecule is CCCCCCCCC1CC1CC1CC1CC1CC1C. The zero-order valence-electron chi connectivity index (χ0n) is 13.9. The van der Waals surface area contributed by atoms with Crippen LogP contribution in [-0.2, 0) is 0 Å². The average molecular weight is 277 g/mol. The van der Waals surface area contributed by atoms with Crippen LogP contribution >= 0.6 is 0 Å². The lowest BCUT2D eigenvalue weighted by Gasteiger charge is -2.02. The van der Waals surface area contributed by atoms with Crippen LogP contribution < -0.4 is 0 Å². The summed E-state index contributed by atoms with van der Waals surface area (Å²) in [4.78, 5) is 0. The summed E-state index contributed by atoms with van der Waals surface area (Å²) in [6, 6.07) is 0. The summed E-state index contributed by atoms with van der Waals surface area (Å²) in [5.74, 6) is 6.88. The first-order valence-corrected chi connectivity index (χ1v) is 9.78. The predicted octanol–water partition coefficient (Wildman–Crippen LogP) is 6.45. The molecule has 20 heavy (non-hydrogen) atoms. The zero-order valence-corrected chi connectivity index (χ0v) is 13.9. The monoisotopic (exact) mass is 276 g/mol. The first kappa shape index (κ1) is 14.9. The summed E-state index contributed by atoms with van der Waals surface area (Å²) >= 11 is 0. The third-order valence-corrected chi connectivity index (χ3v) is 6.55. The summed E-state index contributed by atoms with van der Waals surface area (Å²) in [6.45, 7) is 4.75. The van der Waals surface area contributed by atoms with E-state index in [0.717, 1.165) is 23.7 Å². The molecule has 0 bridgehead atoms. The lowest BCUT2D eigenvalue weighted by atomic mass is 10.0. The fourth-order valence-electron chi connectivity index (χ4n) is 4.53. The molecular weight excluding hydrogens is 240 g/mol. The van der Waals surface area contributed by atoms with Gasteiger partial charge < -0.3 is 0 Å². The Labute approximate surface area is 127 Å². The summed E-state index contributed by atoms with van der Waals surface area (Å²) < 4.78 is 0. The van der Waals surface area contributed by atoms with Gasteiger partial charge in [0.15, 0.2) is 0 Å². The Kier molecular flexibility index (Phi) is 5.10. The van der Waals surface area contributed by atoms with Crippen LogP contribution in [0.25, 0.3) is 0 Å². The zero-order chi connectivity index (χ0) is 13.9. The van der Waals surface area contributed by atoms with Crippen molar-refractivity contribution in [3.05, 3.63) is 0 Å². The minimum absolute atomic E-state index is 1.08. The Morgan fingerprint density at radius 2 is 1.20 bits per heavy atom. The number of rotatable bonds is 11. The minimum Gasteiger partial charge on any atom is -0.0654 e. The number of hydrogen-bond donors (Lipinski definition) is 0. The number of unbranched alkanes of at least 4 members (excludes halogenated alkanes) is 5. The standard InChI is InChI=1S/C20H36/c1-3-4-5-6-7-8-9-16-11-18(16)13-20-14-19(20)12-17-10-15(17)2/h15-20H,3-14H2,1-2H3. The molecule has 3 aliphatic carbocycles. The molecule has 0 heteroatoms. The quantitative estimate of drug-likeness (QED) is 0.381. The van der Waals surface area contributed by atoms with Crippen LogP contribution in [0, 0.1) is 35.5 Å². The van der Waals surface area contributed by atoms with Crippen LogP contribution in [0.15, 0.2) is 0 Å². The first-order chi connectivity index (χ1) is 9.78. The normalized spacial score (nSPS) is 41.7. The van der Waals surface area contributed by atoms with Crippen molar-refractivity contribution in [1.82, 2.24) is 0 Å². The van der Waals surface area contributed by atoms with Crippen molar-refractivity contribution in [2.24, 2.45) is 35.5 Å². The van der Waals surface area contributed by atoms with E-state index >= 15 is 0 Å². The van der Waals surface area contributed by atoms with Crippen molar-refractivity contribution in [3.8, 4) is 0 Å². The van der Waals surface area contributed by atoms with Gasteiger partial charge in [-0.1, -0.05) is 58.8 Å². The first-order valence-electron chi connectivity index (χ1n) is 9.78. The van der Waals surface area contributed by atoms with E-state index in [1.54, 1.807) is 38.5 Å². The van der Waals surface area contributed by atoms with Gasteiger partial charge in [0, 0.05) is 0 Å². The minimum atomic E-state index is 1.08. The number of hydrogen-bond acceptors (Lipinski definition) is 0. The molecule has 0 N–H and O–H groups in total. The van der Waals surface area contributed by atoms with Crippen LogP contribution in [-0.4, -0.2) is 0 Å². The molecule has 6 unspecified atom stereocenters. The Morgan fingerprint density at radius 1 is 0.650 bits per heavy atom. The van der Waals surface area contributed by atoms with Crippen molar-refractivity contribution in [2.75, 3.05) is 0 Å². The molecule has 0 aliphatic heterocycles. The van der Waals surface area contributed by atoms with Gasteiger partial charge in [0.1, 0.15) is 0 Å². The highest BCUT2D eigenvalue weighted by Crippen LogP contribution is 2.57. The molecule has 3 aliphatic rings. The van der Waals surface area contributed by atoms with E-state index in [2.05, 4.69) is 13.8 Å². The van der Waals surface area contributed by atoms with E-state index in [1.165, 1.54) is 50.4 Å². The van der Waals surface area contributed by atoms with Crippen molar-refractivity contribution in [1.29, 1.82) is 0 Å². The molecule has 0 amide bonds. The molecule has 0 aromatic heterocycles. The smallest absolute Gasteiger partial charge is 0.0380 e. The van der Waals surface area contributed by atoms with E-state index in [1.807, 2.05) is 0 Å². The van der Waals surface area contributed by atoms with Gasteiger partial charge >= 0.3 is 0 Å². The molecule has 0 radical (unpaired) electrons. The molecular formula is C20H36. The Hall–Kier alpha value is 0.